The Morgan fingerprint density at radius 2 is 1.83 bits per heavy atom. The molecule has 2 rings (SSSR count). The molecule has 0 bridgehead atoms. The van der Waals surface area contributed by atoms with Crippen LogP contribution in [-0.4, -0.2) is 18.1 Å². The summed E-state index contributed by atoms with van der Waals surface area (Å²) in [4.78, 5) is -0.378. The monoisotopic (exact) mass is 350 g/mol. The van der Waals surface area contributed by atoms with Crippen LogP contribution < -0.4 is 4.74 Å². The van der Waals surface area contributed by atoms with Crippen molar-refractivity contribution in [3.05, 3.63) is 48.0 Å². The molecule has 0 atom stereocenters. The fourth-order valence-electron chi connectivity index (χ4n) is 2.39. The molecule has 0 saturated heterocycles. The molecule has 0 spiro atoms. The number of hydrogen-bond donors (Lipinski definition) is 2. The first kappa shape index (κ1) is 18.3. The van der Waals surface area contributed by atoms with Crippen molar-refractivity contribution in [2.75, 3.05) is 0 Å². The van der Waals surface area contributed by atoms with Crippen LogP contribution in [0.2, 0.25) is 0 Å². The number of phenols is 1. The molecule has 0 aromatic heterocycles. The summed E-state index contributed by atoms with van der Waals surface area (Å²) in [5.41, 5.74) is 1.15. The molecule has 0 amide bonds. The molecule has 0 aliphatic rings. The second-order valence-electron chi connectivity index (χ2n) is 5.66. The van der Waals surface area contributed by atoms with Crippen molar-refractivity contribution in [3.63, 3.8) is 0 Å². The highest BCUT2D eigenvalue weighted by atomic mass is 32.2. The molecule has 0 unspecified atom stereocenters. The Hall–Kier alpha value is -2.05. The zero-order chi connectivity index (χ0) is 17.6. The van der Waals surface area contributed by atoms with E-state index in [1.807, 2.05) is 18.2 Å². The highest BCUT2D eigenvalue weighted by Crippen LogP contribution is 2.33. The molecule has 6 heteroatoms. The van der Waals surface area contributed by atoms with Gasteiger partial charge in [0.15, 0.2) is 11.5 Å². The molecule has 0 heterocycles. The molecule has 24 heavy (non-hydrogen) atoms. The predicted octanol–water partition coefficient (Wildman–Crippen LogP) is 4.55. The van der Waals surface area contributed by atoms with E-state index in [2.05, 4.69) is 6.92 Å². The van der Waals surface area contributed by atoms with Gasteiger partial charge in [0.25, 0.3) is 10.1 Å². The van der Waals surface area contributed by atoms with E-state index in [0.717, 1.165) is 24.5 Å². The minimum Gasteiger partial charge on any atom is -0.504 e. The summed E-state index contributed by atoms with van der Waals surface area (Å²) in [6, 6.07) is 11.0. The van der Waals surface area contributed by atoms with Crippen LogP contribution in [0.5, 0.6) is 17.2 Å². The summed E-state index contributed by atoms with van der Waals surface area (Å²) < 4.78 is 36.7. The minimum atomic E-state index is -4.35. The molecule has 0 aliphatic heterocycles. The van der Waals surface area contributed by atoms with Crippen molar-refractivity contribution in [1.29, 1.82) is 0 Å². The van der Waals surface area contributed by atoms with Crippen LogP contribution in [0.4, 0.5) is 0 Å². The molecule has 0 saturated carbocycles. The van der Waals surface area contributed by atoms with Crippen molar-refractivity contribution in [2.45, 2.75) is 43.9 Å². The van der Waals surface area contributed by atoms with E-state index >= 15 is 0 Å². The second kappa shape index (κ2) is 8.17. The van der Waals surface area contributed by atoms with E-state index < -0.39 is 10.1 Å². The summed E-state index contributed by atoms with van der Waals surface area (Å²) in [6.45, 7) is 2.17. The summed E-state index contributed by atoms with van der Waals surface area (Å²) in [5, 5.41) is 9.89. The van der Waals surface area contributed by atoms with Crippen LogP contribution in [0, 0.1) is 0 Å². The molecule has 0 radical (unpaired) electrons. The highest BCUT2D eigenvalue weighted by Gasteiger charge is 2.13. The Labute approximate surface area is 142 Å². The molecular formula is C18H22O5S. The van der Waals surface area contributed by atoms with Crippen LogP contribution in [-0.2, 0) is 16.5 Å². The molecule has 0 aliphatic carbocycles. The van der Waals surface area contributed by atoms with Gasteiger partial charge < -0.3 is 9.84 Å². The van der Waals surface area contributed by atoms with Gasteiger partial charge in [0.05, 0.1) is 4.90 Å². The Morgan fingerprint density at radius 3 is 2.50 bits per heavy atom. The van der Waals surface area contributed by atoms with Crippen LogP contribution in [0.1, 0.15) is 38.2 Å². The van der Waals surface area contributed by atoms with E-state index in [1.165, 1.54) is 31.4 Å². The summed E-state index contributed by atoms with van der Waals surface area (Å²) >= 11 is 0. The van der Waals surface area contributed by atoms with Crippen LogP contribution in [0.15, 0.2) is 47.4 Å². The normalized spacial score (nSPS) is 11.4. The van der Waals surface area contributed by atoms with E-state index in [0.29, 0.717) is 5.75 Å². The lowest BCUT2D eigenvalue weighted by Gasteiger charge is -2.10. The third kappa shape index (κ3) is 5.25. The zero-order valence-corrected chi connectivity index (χ0v) is 14.4. The van der Waals surface area contributed by atoms with Gasteiger partial charge >= 0.3 is 0 Å². The zero-order valence-electron chi connectivity index (χ0n) is 13.6. The molecule has 2 aromatic carbocycles. The molecule has 5 nitrogen and oxygen atoms in total. The van der Waals surface area contributed by atoms with Crippen LogP contribution >= 0.6 is 0 Å². The Balaban J connectivity index is 2.08. The minimum absolute atomic E-state index is 0.130. The summed E-state index contributed by atoms with van der Waals surface area (Å²) in [6.07, 6.45) is 5.70. The number of ether oxygens (including phenoxy) is 1. The van der Waals surface area contributed by atoms with E-state index in [9.17, 15) is 13.5 Å². The van der Waals surface area contributed by atoms with Crippen LogP contribution in [0.3, 0.4) is 0 Å². The Bertz CT molecular complexity index is 784. The first-order valence-electron chi connectivity index (χ1n) is 7.97. The average molecular weight is 350 g/mol. The van der Waals surface area contributed by atoms with Crippen molar-refractivity contribution >= 4 is 10.1 Å². The van der Waals surface area contributed by atoms with Crippen molar-refractivity contribution in [1.82, 2.24) is 0 Å². The fourth-order valence-corrected chi connectivity index (χ4v) is 2.89. The third-order valence-corrected chi connectivity index (χ3v) is 4.52. The van der Waals surface area contributed by atoms with Gasteiger partial charge in [0.1, 0.15) is 5.75 Å². The largest absolute Gasteiger partial charge is 0.504 e. The topological polar surface area (TPSA) is 83.8 Å². The summed E-state index contributed by atoms with van der Waals surface area (Å²) in [7, 11) is -4.35. The van der Waals surface area contributed by atoms with Gasteiger partial charge in [0, 0.05) is 6.07 Å². The smallest absolute Gasteiger partial charge is 0.294 e. The SMILES string of the molecule is CCCCCCc1cccc(Oc2ccc(S(=O)(=O)O)cc2O)c1. The van der Waals surface area contributed by atoms with Gasteiger partial charge in [-0.3, -0.25) is 4.55 Å². The first-order chi connectivity index (χ1) is 11.4. The van der Waals surface area contributed by atoms with E-state index in [4.69, 9.17) is 9.29 Å². The number of rotatable bonds is 8. The number of unbranched alkanes of at least 4 members (excludes halogenated alkanes) is 3. The average Bonchev–Trinajstić information content (AvgIpc) is 2.53. The van der Waals surface area contributed by atoms with Crippen molar-refractivity contribution < 1.29 is 22.8 Å². The number of benzene rings is 2. The van der Waals surface area contributed by atoms with Crippen molar-refractivity contribution in [3.8, 4) is 17.2 Å². The van der Waals surface area contributed by atoms with Gasteiger partial charge in [-0.05, 0) is 42.7 Å². The maximum absolute atomic E-state index is 11.0. The maximum atomic E-state index is 11.0. The predicted molar refractivity (Wildman–Crippen MR) is 92.3 cm³/mol. The lowest BCUT2D eigenvalue weighted by molar-refractivity contribution is 0.408. The van der Waals surface area contributed by atoms with Gasteiger partial charge in [-0.2, -0.15) is 8.42 Å². The van der Waals surface area contributed by atoms with Crippen LogP contribution in [0.25, 0.3) is 0 Å². The quantitative estimate of drug-likeness (QED) is 0.539. The number of aromatic hydroxyl groups is 1. The molecular weight excluding hydrogens is 328 g/mol. The number of aryl methyl sites for hydroxylation is 1. The fraction of sp³-hybridized carbons (Fsp3) is 0.333. The van der Waals surface area contributed by atoms with E-state index in [-0.39, 0.29) is 16.4 Å². The summed E-state index contributed by atoms with van der Waals surface area (Å²) in [5.74, 6) is 0.349. The maximum Gasteiger partial charge on any atom is 0.294 e. The molecule has 2 N–H and O–H groups in total. The van der Waals surface area contributed by atoms with Gasteiger partial charge in [-0.25, -0.2) is 0 Å². The standard InChI is InChI=1S/C18H22O5S/c1-2-3-4-5-7-14-8-6-9-15(12-14)23-18-11-10-16(13-17(18)19)24(20,21)22/h6,8-13,19H,2-5,7H2,1H3,(H,20,21,22). The Kier molecular flexibility index (Phi) is 6.23. The lowest BCUT2D eigenvalue weighted by Crippen LogP contribution is -1.98. The number of phenolic OH excluding ortho intramolecular Hbond substituents is 1. The third-order valence-electron chi connectivity index (χ3n) is 3.67. The second-order valence-corrected chi connectivity index (χ2v) is 7.09. The molecule has 2 aromatic rings. The molecule has 130 valence electrons. The van der Waals surface area contributed by atoms with Gasteiger partial charge in [-0.15, -0.1) is 0 Å². The van der Waals surface area contributed by atoms with Gasteiger partial charge in [0.2, 0.25) is 0 Å². The molecule has 0 fully saturated rings. The van der Waals surface area contributed by atoms with Gasteiger partial charge in [-0.1, -0.05) is 38.3 Å². The first-order valence-corrected chi connectivity index (χ1v) is 9.41. The highest BCUT2D eigenvalue weighted by molar-refractivity contribution is 7.85. The Morgan fingerprint density at radius 1 is 1.04 bits per heavy atom. The van der Waals surface area contributed by atoms with Crippen molar-refractivity contribution in [2.24, 2.45) is 0 Å². The number of hydrogen-bond acceptors (Lipinski definition) is 4. The lowest BCUT2D eigenvalue weighted by atomic mass is 10.1. The van der Waals surface area contributed by atoms with E-state index in [1.54, 1.807) is 6.07 Å².